The van der Waals surface area contributed by atoms with E-state index in [9.17, 15) is 4.79 Å². The van der Waals surface area contributed by atoms with Crippen molar-refractivity contribution in [2.45, 2.75) is 19.4 Å². The molecule has 1 saturated carbocycles. The number of carbonyl (C=O) groups excluding carboxylic acids is 1. The highest BCUT2D eigenvalue weighted by Crippen LogP contribution is 2.49. The molecule has 0 radical (unpaired) electrons. The molecule has 2 fully saturated rings. The molecule has 0 bridgehead atoms. The van der Waals surface area contributed by atoms with Crippen LogP contribution in [0, 0.1) is 18.8 Å². The maximum absolute atomic E-state index is 13.1. The Bertz CT molecular complexity index is 788. The number of rotatable bonds is 4. The summed E-state index contributed by atoms with van der Waals surface area (Å²) in [5, 5.41) is 0.893. The van der Waals surface area contributed by atoms with Gasteiger partial charge in [0.05, 0.1) is 17.0 Å². The number of thiazole rings is 1. The SMILES string of the molecule is COc1cccc(-c2sc(C)nc2C(=O)N2C[C@H]3C[C@H]3[C@H]2CN)c1. The number of hydrogen-bond donors (Lipinski definition) is 1. The third-order valence-corrected chi connectivity index (χ3v) is 6.09. The van der Waals surface area contributed by atoms with Crippen LogP contribution in [0.2, 0.25) is 0 Å². The summed E-state index contributed by atoms with van der Waals surface area (Å²) in [6.07, 6.45) is 1.21. The first-order valence-corrected chi connectivity index (χ1v) is 9.07. The maximum Gasteiger partial charge on any atom is 0.274 e. The number of benzene rings is 1. The molecule has 1 saturated heterocycles. The molecule has 2 heterocycles. The van der Waals surface area contributed by atoms with Gasteiger partial charge in [-0.15, -0.1) is 11.3 Å². The standard InChI is InChI=1S/C18H21N3O2S/c1-10-20-16(17(24-10)11-4-3-5-13(6-11)23-2)18(22)21-9-12-7-14(12)15(21)8-19/h3-6,12,14-15H,7-9,19H2,1-2H3/t12-,14-,15-/m1/s1. The molecule has 2 N–H and O–H groups in total. The van der Waals surface area contributed by atoms with E-state index >= 15 is 0 Å². The molecule has 0 spiro atoms. The van der Waals surface area contributed by atoms with Crippen LogP contribution in [-0.4, -0.2) is 42.0 Å². The van der Waals surface area contributed by atoms with Crippen molar-refractivity contribution in [1.29, 1.82) is 0 Å². The number of amides is 1. The number of piperidine rings is 1. The highest BCUT2D eigenvalue weighted by atomic mass is 32.1. The summed E-state index contributed by atoms with van der Waals surface area (Å²) in [6.45, 7) is 3.29. The molecule has 0 unspecified atom stereocenters. The first-order valence-electron chi connectivity index (χ1n) is 8.25. The largest absolute Gasteiger partial charge is 0.497 e. The Kier molecular flexibility index (Phi) is 3.81. The van der Waals surface area contributed by atoms with Crippen molar-refractivity contribution in [2.24, 2.45) is 17.6 Å². The quantitative estimate of drug-likeness (QED) is 0.926. The van der Waals surface area contributed by atoms with Gasteiger partial charge in [-0.3, -0.25) is 4.79 Å². The Morgan fingerprint density at radius 1 is 1.50 bits per heavy atom. The highest BCUT2D eigenvalue weighted by Gasteiger charge is 2.53. The lowest BCUT2D eigenvalue weighted by Gasteiger charge is -2.26. The molecule has 1 aromatic heterocycles. The minimum Gasteiger partial charge on any atom is -0.497 e. The van der Waals surface area contributed by atoms with E-state index in [0.29, 0.717) is 24.1 Å². The number of carbonyl (C=O) groups is 1. The van der Waals surface area contributed by atoms with Crippen molar-refractivity contribution in [3.63, 3.8) is 0 Å². The molecular weight excluding hydrogens is 322 g/mol. The fourth-order valence-electron chi connectivity index (χ4n) is 3.77. The fourth-order valence-corrected chi connectivity index (χ4v) is 4.68. The van der Waals surface area contributed by atoms with Crippen molar-refractivity contribution in [3.8, 4) is 16.2 Å². The Hall–Kier alpha value is -1.92. The predicted molar refractivity (Wildman–Crippen MR) is 94.3 cm³/mol. The van der Waals surface area contributed by atoms with E-state index in [1.165, 1.54) is 6.42 Å². The number of nitrogens with zero attached hydrogens (tertiary/aromatic N) is 2. The van der Waals surface area contributed by atoms with Gasteiger partial charge in [-0.1, -0.05) is 12.1 Å². The summed E-state index contributed by atoms with van der Waals surface area (Å²) < 4.78 is 5.31. The molecule has 1 aliphatic heterocycles. The number of methoxy groups -OCH3 is 1. The van der Waals surface area contributed by atoms with Crippen LogP contribution in [0.25, 0.3) is 10.4 Å². The number of likely N-dealkylation sites (tertiary alicyclic amines) is 1. The number of nitrogens with two attached hydrogens (primary N) is 1. The van der Waals surface area contributed by atoms with Gasteiger partial charge in [0.25, 0.3) is 5.91 Å². The van der Waals surface area contributed by atoms with E-state index in [-0.39, 0.29) is 11.9 Å². The second-order valence-corrected chi connectivity index (χ2v) is 7.77. The van der Waals surface area contributed by atoms with Crippen LogP contribution in [0.1, 0.15) is 21.9 Å². The second-order valence-electron chi connectivity index (χ2n) is 6.56. The molecular formula is C18H21N3O2S. The van der Waals surface area contributed by atoms with Gasteiger partial charge in [0.1, 0.15) is 11.4 Å². The van der Waals surface area contributed by atoms with Crippen molar-refractivity contribution in [2.75, 3.05) is 20.2 Å². The van der Waals surface area contributed by atoms with E-state index in [0.717, 1.165) is 27.7 Å². The lowest BCUT2D eigenvalue weighted by atomic mass is 10.1. The molecule has 5 nitrogen and oxygen atoms in total. The van der Waals surface area contributed by atoms with Gasteiger partial charge >= 0.3 is 0 Å². The maximum atomic E-state index is 13.1. The fraction of sp³-hybridized carbons (Fsp3) is 0.444. The Balaban J connectivity index is 1.70. The third-order valence-electron chi connectivity index (χ3n) is 5.07. The summed E-state index contributed by atoms with van der Waals surface area (Å²) in [5.41, 5.74) is 7.44. The molecule has 1 aliphatic carbocycles. The number of fused-ring (bicyclic) bond motifs is 1. The molecule has 1 aromatic carbocycles. The van der Waals surface area contributed by atoms with Crippen LogP contribution in [-0.2, 0) is 0 Å². The summed E-state index contributed by atoms with van der Waals surface area (Å²) >= 11 is 1.55. The average Bonchev–Trinajstić information content (AvgIpc) is 3.10. The zero-order valence-electron chi connectivity index (χ0n) is 13.9. The van der Waals surface area contributed by atoms with Gasteiger partial charge in [0, 0.05) is 19.1 Å². The van der Waals surface area contributed by atoms with Crippen molar-refractivity contribution >= 4 is 17.2 Å². The van der Waals surface area contributed by atoms with Crippen molar-refractivity contribution < 1.29 is 9.53 Å². The summed E-state index contributed by atoms with van der Waals surface area (Å²) in [6, 6.07) is 7.95. The molecule has 6 heteroatoms. The van der Waals surface area contributed by atoms with Gasteiger partial charge < -0.3 is 15.4 Å². The Morgan fingerprint density at radius 3 is 3.08 bits per heavy atom. The third kappa shape index (κ3) is 2.50. The molecule has 126 valence electrons. The summed E-state index contributed by atoms with van der Waals surface area (Å²) in [5.74, 6) is 2.03. The van der Waals surface area contributed by atoms with Gasteiger partial charge in [-0.25, -0.2) is 4.98 Å². The predicted octanol–water partition coefficient (Wildman–Crippen LogP) is 2.55. The van der Waals surface area contributed by atoms with Crippen LogP contribution in [0.15, 0.2) is 24.3 Å². The Morgan fingerprint density at radius 2 is 2.33 bits per heavy atom. The number of aromatic nitrogens is 1. The van der Waals surface area contributed by atoms with E-state index in [4.69, 9.17) is 10.5 Å². The van der Waals surface area contributed by atoms with Crippen LogP contribution >= 0.6 is 11.3 Å². The normalized spacial score (nSPS) is 24.8. The topological polar surface area (TPSA) is 68.5 Å². The lowest BCUT2D eigenvalue weighted by Crippen LogP contribution is -2.43. The van der Waals surface area contributed by atoms with Gasteiger partial charge in [-0.2, -0.15) is 0 Å². The van der Waals surface area contributed by atoms with Crippen LogP contribution < -0.4 is 10.5 Å². The van der Waals surface area contributed by atoms with Crippen molar-refractivity contribution in [3.05, 3.63) is 35.0 Å². The van der Waals surface area contributed by atoms with E-state index in [2.05, 4.69) is 4.98 Å². The average molecular weight is 343 g/mol. The van der Waals surface area contributed by atoms with E-state index in [1.807, 2.05) is 36.1 Å². The van der Waals surface area contributed by atoms with E-state index in [1.54, 1.807) is 18.4 Å². The molecule has 1 amide bonds. The molecule has 3 atom stereocenters. The molecule has 2 aliphatic rings. The monoisotopic (exact) mass is 343 g/mol. The van der Waals surface area contributed by atoms with Crippen LogP contribution in [0.3, 0.4) is 0 Å². The van der Waals surface area contributed by atoms with Crippen LogP contribution in [0.4, 0.5) is 0 Å². The van der Waals surface area contributed by atoms with Gasteiger partial charge in [-0.05, 0) is 42.9 Å². The minimum absolute atomic E-state index is 0.0137. The Labute approximate surface area is 145 Å². The highest BCUT2D eigenvalue weighted by molar-refractivity contribution is 7.15. The first-order chi connectivity index (χ1) is 11.6. The van der Waals surface area contributed by atoms with E-state index < -0.39 is 0 Å². The second kappa shape index (κ2) is 5.86. The summed E-state index contributed by atoms with van der Waals surface area (Å²) in [4.78, 5) is 20.5. The smallest absolute Gasteiger partial charge is 0.274 e. The molecule has 2 aromatic rings. The molecule has 24 heavy (non-hydrogen) atoms. The van der Waals surface area contributed by atoms with Gasteiger partial charge in [0.2, 0.25) is 0 Å². The van der Waals surface area contributed by atoms with Crippen molar-refractivity contribution in [1.82, 2.24) is 9.88 Å². The number of hydrogen-bond acceptors (Lipinski definition) is 5. The minimum atomic E-state index is 0.0137. The first kappa shape index (κ1) is 15.6. The number of aryl methyl sites for hydroxylation is 1. The van der Waals surface area contributed by atoms with Gasteiger partial charge in [0.15, 0.2) is 0 Å². The summed E-state index contributed by atoms with van der Waals surface area (Å²) in [7, 11) is 1.64. The zero-order chi connectivity index (χ0) is 16.8. The zero-order valence-corrected chi connectivity index (χ0v) is 14.7. The number of ether oxygens (including phenoxy) is 1. The van der Waals surface area contributed by atoms with Crippen LogP contribution in [0.5, 0.6) is 5.75 Å². The lowest BCUT2D eigenvalue weighted by molar-refractivity contribution is 0.0708. The molecule has 4 rings (SSSR count).